The molecular formula is C14H16BrN3O3. The van der Waals surface area contributed by atoms with E-state index in [1.165, 1.54) is 14.2 Å². The van der Waals surface area contributed by atoms with Crippen LogP contribution in [0, 0.1) is 0 Å². The minimum absolute atomic E-state index is 0.266. The van der Waals surface area contributed by atoms with E-state index in [2.05, 4.69) is 31.4 Å². The summed E-state index contributed by atoms with van der Waals surface area (Å²) in [4.78, 5) is 12.3. The lowest BCUT2D eigenvalue weighted by Gasteiger charge is -2.11. The number of benzene rings is 1. The summed E-state index contributed by atoms with van der Waals surface area (Å²) < 4.78 is 11.1. The largest absolute Gasteiger partial charge is 0.495 e. The normalized spacial score (nSPS) is 10.3. The number of aromatic nitrogens is 2. The Labute approximate surface area is 131 Å². The molecule has 0 atom stereocenters. The zero-order valence-corrected chi connectivity index (χ0v) is 13.6. The van der Waals surface area contributed by atoms with Crippen molar-refractivity contribution in [1.29, 1.82) is 0 Å². The standard InChI is InChI=1S/C14H16BrN3O3/c1-4-8-7-16-18-13(8)17-14(19)9-5-10(20-2)12(15)11(6-9)21-3/h5-7H,4H2,1-3H3,(H2,16,17,18,19). The molecular weight excluding hydrogens is 338 g/mol. The Morgan fingerprint density at radius 3 is 2.48 bits per heavy atom. The van der Waals surface area contributed by atoms with E-state index in [0.29, 0.717) is 27.4 Å². The molecule has 0 bridgehead atoms. The molecule has 1 aromatic heterocycles. The number of anilines is 1. The number of H-pyrrole nitrogens is 1. The van der Waals surface area contributed by atoms with Crippen LogP contribution in [0.25, 0.3) is 0 Å². The number of ether oxygens (including phenoxy) is 2. The molecule has 2 rings (SSSR count). The van der Waals surface area contributed by atoms with Crippen LogP contribution in [0.5, 0.6) is 11.5 Å². The SMILES string of the molecule is CCc1cn[nH]c1NC(=O)c1cc(OC)c(Br)c(OC)c1. The predicted octanol–water partition coefficient (Wildman–Crippen LogP) is 3.00. The molecule has 0 unspecified atom stereocenters. The summed E-state index contributed by atoms with van der Waals surface area (Å²) >= 11 is 3.37. The molecule has 1 amide bonds. The van der Waals surface area contributed by atoms with Crippen LogP contribution < -0.4 is 14.8 Å². The minimum Gasteiger partial charge on any atom is -0.495 e. The Kier molecular flexibility index (Phi) is 4.85. The fraction of sp³-hybridized carbons (Fsp3) is 0.286. The monoisotopic (exact) mass is 353 g/mol. The Hall–Kier alpha value is -2.02. The van der Waals surface area contributed by atoms with Gasteiger partial charge in [-0.05, 0) is 34.5 Å². The molecule has 0 aliphatic heterocycles. The number of nitrogens with one attached hydrogen (secondary N) is 2. The number of aryl methyl sites for hydroxylation is 1. The van der Waals surface area contributed by atoms with Crippen LogP contribution in [-0.2, 0) is 6.42 Å². The van der Waals surface area contributed by atoms with Crippen molar-refractivity contribution in [2.45, 2.75) is 13.3 Å². The number of hydrogen-bond acceptors (Lipinski definition) is 4. The summed E-state index contributed by atoms with van der Waals surface area (Å²) in [6.45, 7) is 1.99. The molecule has 2 N–H and O–H groups in total. The summed E-state index contributed by atoms with van der Waals surface area (Å²) in [6, 6.07) is 3.29. The molecule has 0 radical (unpaired) electrons. The summed E-state index contributed by atoms with van der Waals surface area (Å²) in [7, 11) is 3.07. The molecule has 0 aliphatic carbocycles. The molecule has 7 heteroatoms. The van der Waals surface area contributed by atoms with Crippen molar-refractivity contribution in [3.8, 4) is 11.5 Å². The number of hydrogen-bond donors (Lipinski definition) is 2. The second kappa shape index (κ2) is 6.62. The maximum absolute atomic E-state index is 12.3. The molecule has 0 fully saturated rings. The predicted molar refractivity (Wildman–Crippen MR) is 83.2 cm³/mol. The highest BCUT2D eigenvalue weighted by Crippen LogP contribution is 2.35. The van der Waals surface area contributed by atoms with E-state index in [1.807, 2.05) is 6.92 Å². The molecule has 21 heavy (non-hydrogen) atoms. The van der Waals surface area contributed by atoms with E-state index in [0.717, 1.165) is 12.0 Å². The van der Waals surface area contributed by atoms with Gasteiger partial charge in [0.25, 0.3) is 5.91 Å². The third kappa shape index (κ3) is 3.18. The first-order chi connectivity index (χ1) is 10.1. The first kappa shape index (κ1) is 15.4. The van der Waals surface area contributed by atoms with Gasteiger partial charge >= 0.3 is 0 Å². The average Bonchev–Trinajstić information content (AvgIpc) is 2.94. The molecule has 1 aromatic carbocycles. The van der Waals surface area contributed by atoms with Crippen molar-refractivity contribution in [2.24, 2.45) is 0 Å². The van der Waals surface area contributed by atoms with Gasteiger partial charge in [0, 0.05) is 11.1 Å². The average molecular weight is 354 g/mol. The van der Waals surface area contributed by atoms with Gasteiger partial charge in [-0.3, -0.25) is 9.89 Å². The van der Waals surface area contributed by atoms with Gasteiger partial charge in [0.15, 0.2) is 0 Å². The summed E-state index contributed by atoms with van der Waals surface area (Å²) in [5, 5.41) is 9.49. The number of rotatable bonds is 5. The van der Waals surface area contributed by atoms with E-state index >= 15 is 0 Å². The van der Waals surface area contributed by atoms with Gasteiger partial charge in [-0.1, -0.05) is 6.92 Å². The Bertz CT molecular complexity index is 630. The first-order valence-electron chi connectivity index (χ1n) is 6.35. The second-order valence-corrected chi connectivity index (χ2v) is 5.07. The quantitative estimate of drug-likeness (QED) is 0.866. The Morgan fingerprint density at radius 1 is 1.33 bits per heavy atom. The number of nitrogens with zero attached hydrogens (tertiary/aromatic N) is 1. The third-order valence-corrected chi connectivity index (χ3v) is 3.83. The van der Waals surface area contributed by atoms with Crippen LogP contribution in [-0.4, -0.2) is 30.3 Å². The highest BCUT2D eigenvalue weighted by molar-refractivity contribution is 9.10. The summed E-state index contributed by atoms with van der Waals surface area (Å²) in [6.07, 6.45) is 2.47. The maximum atomic E-state index is 12.3. The van der Waals surface area contributed by atoms with E-state index in [-0.39, 0.29) is 5.91 Å². The van der Waals surface area contributed by atoms with Crippen molar-refractivity contribution in [1.82, 2.24) is 10.2 Å². The van der Waals surface area contributed by atoms with Crippen molar-refractivity contribution in [3.05, 3.63) is 33.9 Å². The molecule has 112 valence electrons. The van der Waals surface area contributed by atoms with Crippen molar-refractivity contribution < 1.29 is 14.3 Å². The highest BCUT2D eigenvalue weighted by Gasteiger charge is 2.16. The number of carbonyl (C=O) groups is 1. The van der Waals surface area contributed by atoms with Crippen molar-refractivity contribution in [2.75, 3.05) is 19.5 Å². The fourth-order valence-corrected chi connectivity index (χ4v) is 2.43. The molecule has 0 saturated carbocycles. The molecule has 6 nitrogen and oxygen atoms in total. The molecule has 0 aliphatic rings. The lowest BCUT2D eigenvalue weighted by Crippen LogP contribution is -2.13. The van der Waals surface area contributed by atoms with Crippen LogP contribution in [0.15, 0.2) is 22.8 Å². The van der Waals surface area contributed by atoms with E-state index < -0.39 is 0 Å². The molecule has 0 spiro atoms. The third-order valence-electron chi connectivity index (χ3n) is 3.05. The van der Waals surface area contributed by atoms with Crippen LogP contribution >= 0.6 is 15.9 Å². The number of methoxy groups -OCH3 is 2. The minimum atomic E-state index is -0.266. The highest BCUT2D eigenvalue weighted by atomic mass is 79.9. The van der Waals surface area contributed by atoms with Crippen LogP contribution in [0.2, 0.25) is 0 Å². The first-order valence-corrected chi connectivity index (χ1v) is 7.15. The van der Waals surface area contributed by atoms with Crippen LogP contribution in [0.1, 0.15) is 22.8 Å². The van der Waals surface area contributed by atoms with Crippen LogP contribution in [0.4, 0.5) is 5.82 Å². The number of halogens is 1. The Balaban J connectivity index is 2.31. The molecule has 2 aromatic rings. The van der Waals surface area contributed by atoms with E-state index in [4.69, 9.17) is 9.47 Å². The lowest BCUT2D eigenvalue weighted by molar-refractivity contribution is 0.102. The summed E-state index contributed by atoms with van der Waals surface area (Å²) in [5.74, 6) is 1.39. The topological polar surface area (TPSA) is 76.2 Å². The van der Waals surface area contributed by atoms with Gasteiger partial charge < -0.3 is 14.8 Å². The van der Waals surface area contributed by atoms with Gasteiger partial charge in [-0.15, -0.1) is 0 Å². The van der Waals surface area contributed by atoms with E-state index in [1.54, 1.807) is 18.3 Å². The fourth-order valence-electron chi connectivity index (χ4n) is 1.87. The second-order valence-electron chi connectivity index (χ2n) is 4.27. The smallest absolute Gasteiger partial charge is 0.257 e. The number of aromatic amines is 1. The maximum Gasteiger partial charge on any atom is 0.257 e. The summed E-state index contributed by atoms with van der Waals surface area (Å²) in [5.41, 5.74) is 1.38. The van der Waals surface area contributed by atoms with Crippen molar-refractivity contribution in [3.63, 3.8) is 0 Å². The zero-order valence-electron chi connectivity index (χ0n) is 12.0. The van der Waals surface area contributed by atoms with Gasteiger partial charge in [-0.2, -0.15) is 5.10 Å². The molecule has 1 heterocycles. The number of carbonyl (C=O) groups excluding carboxylic acids is 1. The van der Waals surface area contributed by atoms with Gasteiger partial charge in [0.2, 0.25) is 0 Å². The van der Waals surface area contributed by atoms with Gasteiger partial charge in [0.05, 0.1) is 20.4 Å². The molecule has 0 saturated heterocycles. The lowest BCUT2D eigenvalue weighted by atomic mass is 10.1. The van der Waals surface area contributed by atoms with Gasteiger partial charge in [-0.25, -0.2) is 0 Å². The van der Waals surface area contributed by atoms with Crippen molar-refractivity contribution >= 4 is 27.7 Å². The van der Waals surface area contributed by atoms with Crippen LogP contribution in [0.3, 0.4) is 0 Å². The zero-order chi connectivity index (χ0) is 15.4. The van der Waals surface area contributed by atoms with Gasteiger partial charge in [0.1, 0.15) is 21.8 Å². The number of amides is 1. The Morgan fingerprint density at radius 2 is 1.95 bits per heavy atom. The van der Waals surface area contributed by atoms with E-state index in [9.17, 15) is 4.79 Å².